The van der Waals surface area contributed by atoms with Crippen LogP contribution in [0.5, 0.6) is 0 Å². The van der Waals surface area contributed by atoms with Gasteiger partial charge in [0.15, 0.2) is 5.78 Å². The van der Waals surface area contributed by atoms with Crippen molar-refractivity contribution in [3.63, 3.8) is 0 Å². The fraction of sp³-hybridized carbons (Fsp3) is 0.118. The third kappa shape index (κ3) is 3.33. The van der Waals surface area contributed by atoms with Crippen LogP contribution in [-0.4, -0.2) is 23.8 Å². The molecule has 3 rings (SSSR count). The Hall–Kier alpha value is -1.83. The van der Waals surface area contributed by atoms with Crippen molar-refractivity contribution >= 4 is 66.6 Å². The minimum Gasteiger partial charge on any atom is -0.465 e. The van der Waals surface area contributed by atoms with Crippen LogP contribution in [0.1, 0.15) is 30.5 Å². The Labute approximate surface area is 154 Å². The third-order valence-corrected chi connectivity index (χ3v) is 6.29. The Balaban J connectivity index is 1.92. The van der Waals surface area contributed by atoms with Crippen LogP contribution in [0.4, 0.5) is 0 Å². The SMILES string of the molecule is COC(=O)c1sc2ncc(C(=O)/C=C/c3cc(Br)cs3)cc2c1C. The summed E-state index contributed by atoms with van der Waals surface area (Å²) in [5, 5.41) is 2.76. The van der Waals surface area contributed by atoms with Gasteiger partial charge in [-0.2, -0.15) is 0 Å². The van der Waals surface area contributed by atoms with Gasteiger partial charge in [-0.15, -0.1) is 22.7 Å². The lowest BCUT2D eigenvalue weighted by molar-refractivity contribution is 0.0605. The number of nitrogens with zero attached hydrogens (tertiary/aromatic N) is 1. The van der Waals surface area contributed by atoms with Crippen molar-refractivity contribution in [2.24, 2.45) is 0 Å². The molecule has 0 N–H and O–H groups in total. The summed E-state index contributed by atoms with van der Waals surface area (Å²) in [5.41, 5.74) is 1.28. The molecule has 0 fully saturated rings. The maximum absolute atomic E-state index is 12.4. The zero-order chi connectivity index (χ0) is 17.3. The number of hydrogen-bond donors (Lipinski definition) is 0. The minimum absolute atomic E-state index is 0.126. The molecule has 0 radical (unpaired) electrons. The van der Waals surface area contributed by atoms with Crippen LogP contribution >= 0.6 is 38.6 Å². The average molecular weight is 422 g/mol. The number of halogens is 1. The maximum atomic E-state index is 12.4. The number of rotatable bonds is 4. The van der Waals surface area contributed by atoms with E-state index in [9.17, 15) is 9.59 Å². The molecule has 0 saturated carbocycles. The highest BCUT2D eigenvalue weighted by molar-refractivity contribution is 9.10. The highest BCUT2D eigenvalue weighted by Crippen LogP contribution is 2.30. The summed E-state index contributed by atoms with van der Waals surface area (Å²) in [5.74, 6) is -0.509. The Kier molecular flexibility index (Phi) is 4.93. The normalized spacial score (nSPS) is 11.3. The summed E-state index contributed by atoms with van der Waals surface area (Å²) >= 11 is 6.21. The van der Waals surface area contributed by atoms with Crippen LogP contribution in [0, 0.1) is 6.92 Å². The molecule has 0 aromatic carbocycles. The number of allylic oxidation sites excluding steroid dienone is 1. The summed E-state index contributed by atoms with van der Waals surface area (Å²) in [4.78, 5) is 30.7. The molecule has 0 saturated heterocycles. The van der Waals surface area contributed by atoms with Gasteiger partial charge >= 0.3 is 5.97 Å². The third-order valence-electron chi connectivity index (χ3n) is 3.44. The first-order valence-corrected chi connectivity index (χ1v) is 9.42. The second-order valence-electron chi connectivity index (χ2n) is 4.99. The number of pyridine rings is 1. The number of aryl methyl sites for hydroxylation is 1. The quantitative estimate of drug-likeness (QED) is 0.333. The van der Waals surface area contributed by atoms with Gasteiger partial charge in [-0.25, -0.2) is 9.78 Å². The van der Waals surface area contributed by atoms with Crippen LogP contribution in [-0.2, 0) is 4.74 Å². The van der Waals surface area contributed by atoms with Gasteiger partial charge in [0, 0.05) is 31.9 Å². The lowest BCUT2D eigenvalue weighted by Gasteiger charge is -1.98. The number of ether oxygens (including phenoxy) is 1. The molecule has 24 heavy (non-hydrogen) atoms. The van der Waals surface area contributed by atoms with Crippen molar-refractivity contribution in [3.05, 3.63) is 55.1 Å². The molecule has 3 aromatic rings. The average Bonchev–Trinajstić information content (AvgIpc) is 3.15. The highest BCUT2D eigenvalue weighted by Gasteiger charge is 2.17. The maximum Gasteiger partial charge on any atom is 0.348 e. The zero-order valence-electron chi connectivity index (χ0n) is 12.8. The Bertz CT molecular complexity index is 972. The summed E-state index contributed by atoms with van der Waals surface area (Å²) in [7, 11) is 1.35. The van der Waals surface area contributed by atoms with Crippen molar-refractivity contribution in [1.29, 1.82) is 0 Å². The first-order chi connectivity index (χ1) is 11.5. The van der Waals surface area contributed by atoms with E-state index in [1.54, 1.807) is 23.5 Å². The van der Waals surface area contributed by atoms with Crippen LogP contribution in [0.3, 0.4) is 0 Å². The smallest absolute Gasteiger partial charge is 0.348 e. The molecule has 7 heteroatoms. The van der Waals surface area contributed by atoms with Gasteiger partial charge in [0.1, 0.15) is 9.71 Å². The molecule has 122 valence electrons. The number of methoxy groups -OCH3 is 1. The number of hydrogen-bond acceptors (Lipinski definition) is 6. The Morgan fingerprint density at radius 3 is 2.79 bits per heavy atom. The van der Waals surface area contributed by atoms with E-state index in [2.05, 4.69) is 20.9 Å². The van der Waals surface area contributed by atoms with Gasteiger partial charge in [-0.3, -0.25) is 4.79 Å². The molecule has 0 unspecified atom stereocenters. The summed E-state index contributed by atoms with van der Waals surface area (Å²) in [6.07, 6.45) is 4.85. The number of fused-ring (bicyclic) bond motifs is 1. The summed E-state index contributed by atoms with van der Waals surface area (Å²) in [6.45, 7) is 1.83. The molecule has 0 aliphatic heterocycles. The fourth-order valence-corrected chi connectivity index (χ4v) is 4.58. The van der Waals surface area contributed by atoms with E-state index in [-0.39, 0.29) is 11.8 Å². The largest absolute Gasteiger partial charge is 0.465 e. The van der Waals surface area contributed by atoms with Gasteiger partial charge in [-0.05, 0) is 52.7 Å². The van der Waals surface area contributed by atoms with Crippen molar-refractivity contribution in [2.75, 3.05) is 7.11 Å². The first kappa shape index (κ1) is 17.0. The monoisotopic (exact) mass is 421 g/mol. The Morgan fingerprint density at radius 2 is 2.12 bits per heavy atom. The minimum atomic E-state index is -0.383. The van der Waals surface area contributed by atoms with Crippen molar-refractivity contribution in [1.82, 2.24) is 4.98 Å². The van der Waals surface area contributed by atoms with Crippen LogP contribution in [0.25, 0.3) is 16.3 Å². The molecule has 3 heterocycles. The van der Waals surface area contributed by atoms with Gasteiger partial charge in [-0.1, -0.05) is 0 Å². The van der Waals surface area contributed by atoms with Crippen molar-refractivity contribution in [3.8, 4) is 0 Å². The topological polar surface area (TPSA) is 56.3 Å². The van der Waals surface area contributed by atoms with E-state index in [1.807, 2.05) is 18.4 Å². The number of thiophene rings is 2. The molecule has 0 bridgehead atoms. The van der Waals surface area contributed by atoms with Crippen molar-refractivity contribution in [2.45, 2.75) is 6.92 Å². The lowest BCUT2D eigenvalue weighted by Crippen LogP contribution is -1.99. The highest BCUT2D eigenvalue weighted by atomic mass is 79.9. The fourth-order valence-electron chi connectivity index (χ4n) is 2.19. The van der Waals surface area contributed by atoms with Gasteiger partial charge < -0.3 is 4.74 Å². The molecule has 0 amide bonds. The second-order valence-corrected chi connectivity index (χ2v) is 7.85. The van der Waals surface area contributed by atoms with Crippen molar-refractivity contribution < 1.29 is 14.3 Å². The summed E-state index contributed by atoms with van der Waals surface area (Å²) < 4.78 is 5.77. The standard InChI is InChI=1S/C17H12BrNO3S2/c1-9-13-5-10(7-19-16(13)24-15(9)17(21)22-2)14(20)4-3-12-6-11(18)8-23-12/h3-8H,1-2H3/b4-3+. The number of ketones is 1. The molecule has 0 aliphatic rings. The molecule has 4 nitrogen and oxygen atoms in total. The van der Waals surface area contributed by atoms with Crippen LogP contribution < -0.4 is 0 Å². The van der Waals surface area contributed by atoms with Gasteiger partial charge in [0.2, 0.25) is 0 Å². The second kappa shape index (κ2) is 6.96. The number of carbonyl (C=O) groups is 2. The van der Waals surface area contributed by atoms with Crippen LogP contribution in [0.15, 0.2) is 34.3 Å². The number of aromatic nitrogens is 1. The number of esters is 1. The molecule has 0 aliphatic carbocycles. The predicted octanol–water partition coefficient (Wildman–Crippen LogP) is 5.11. The van der Waals surface area contributed by atoms with E-state index in [0.29, 0.717) is 10.4 Å². The van der Waals surface area contributed by atoms with E-state index in [0.717, 1.165) is 25.1 Å². The summed E-state index contributed by atoms with van der Waals surface area (Å²) in [6, 6.07) is 3.72. The first-order valence-electron chi connectivity index (χ1n) is 6.93. The predicted molar refractivity (Wildman–Crippen MR) is 101 cm³/mol. The molecule has 0 atom stereocenters. The molecular weight excluding hydrogens is 410 g/mol. The molecular formula is C17H12BrNO3S2. The Morgan fingerprint density at radius 1 is 1.33 bits per heavy atom. The lowest BCUT2D eigenvalue weighted by atomic mass is 10.1. The van der Waals surface area contributed by atoms with E-state index in [4.69, 9.17) is 4.74 Å². The zero-order valence-corrected chi connectivity index (χ0v) is 16.0. The van der Waals surface area contributed by atoms with E-state index >= 15 is 0 Å². The number of carbonyl (C=O) groups excluding carboxylic acids is 2. The van der Waals surface area contributed by atoms with E-state index < -0.39 is 0 Å². The van der Waals surface area contributed by atoms with Crippen LogP contribution in [0.2, 0.25) is 0 Å². The van der Waals surface area contributed by atoms with Gasteiger partial charge in [0.05, 0.1) is 7.11 Å². The molecule has 3 aromatic heterocycles. The van der Waals surface area contributed by atoms with E-state index in [1.165, 1.54) is 30.7 Å². The van der Waals surface area contributed by atoms with Gasteiger partial charge in [0.25, 0.3) is 0 Å². The molecule has 0 spiro atoms.